The molecular formula is C15H27N3S. The van der Waals surface area contributed by atoms with Crippen molar-refractivity contribution in [3.63, 3.8) is 0 Å². The second-order valence-corrected chi connectivity index (χ2v) is 6.76. The predicted octanol–water partition coefficient (Wildman–Crippen LogP) is 2.47. The van der Waals surface area contributed by atoms with Gasteiger partial charge in [-0.15, -0.1) is 11.3 Å². The maximum atomic E-state index is 6.30. The number of thiophene rings is 1. The van der Waals surface area contributed by atoms with Gasteiger partial charge in [0.05, 0.1) is 6.04 Å². The number of rotatable bonds is 4. The zero-order valence-corrected chi connectivity index (χ0v) is 13.4. The maximum Gasteiger partial charge on any atom is 0.0594 e. The van der Waals surface area contributed by atoms with Gasteiger partial charge in [-0.25, -0.2) is 0 Å². The largest absolute Gasteiger partial charge is 0.326 e. The molecule has 1 aliphatic heterocycles. The van der Waals surface area contributed by atoms with Gasteiger partial charge in [0, 0.05) is 36.6 Å². The van der Waals surface area contributed by atoms with E-state index < -0.39 is 0 Å². The van der Waals surface area contributed by atoms with Crippen molar-refractivity contribution in [1.29, 1.82) is 0 Å². The van der Waals surface area contributed by atoms with Crippen LogP contribution in [0.15, 0.2) is 11.4 Å². The molecule has 1 aromatic rings. The zero-order chi connectivity index (χ0) is 14.0. The molecule has 0 aromatic carbocycles. The van der Waals surface area contributed by atoms with Gasteiger partial charge in [0.25, 0.3) is 0 Å². The Balaban J connectivity index is 2.19. The number of piperazine rings is 1. The summed E-state index contributed by atoms with van der Waals surface area (Å²) in [6, 6.07) is 3.43. The highest BCUT2D eigenvalue weighted by molar-refractivity contribution is 7.10. The lowest BCUT2D eigenvalue weighted by molar-refractivity contribution is 0.0559. The van der Waals surface area contributed by atoms with Crippen molar-refractivity contribution in [3.05, 3.63) is 21.9 Å². The Hall–Kier alpha value is -0.420. The van der Waals surface area contributed by atoms with Gasteiger partial charge in [-0.1, -0.05) is 6.92 Å². The van der Waals surface area contributed by atoms with Crippen LogP contribution < -0.4 is 5.73 Å². The van der Waals surface area contributed by atoms with E-state index in [1.807, 2.05) is 11.3 Å². The van der Waals surface area contributed by atoms with Crippen LogP contribution in [0.25, 0.3) is 0 Å². The van der Waals surface area contributed by atoms with E-state index in [0.29, 0.717) is 12.1 Å². The van der Waals surface area contributed by atoms with Crippen LogP contribution in [0.4, 0.5) is 0 Å². The van der Waals surface area contributed by atoms with Crippen LogP contribution in [0.5, 0.6) is 0 Å². The van der Waals surface area contributed by atoms with Crippen LogP contribution in [0.2, 0.25) is 0 Å². The van der Waals surface area contributed by atoms with Gasteiger partial charge in [0.2, 0.25) is 0 Å². The molecule has 0 amide bonds. The van der Waals surface area contributed by atoms with Gasteiger partial charge in [-0.2, -0.15) is 0 Å². The van der Waals surface area contributed by atoms with Crippen LogP contribution >= 0.6 is 11.3 Å². The summed E-state index contributed by atoms with van der Waals surface area (Å²) >= 11 is 1.85. The number of nitrogens with zero attached hydrogens (tertiary/aromatic N) is 2. The fourth-order valence-corrected chi connectivity index (χ4v) is 4.26. The number of nitrogens with two attached hydrogens (primary N) is 1. The molecule has 1 fully saturated rings. The molecule has 0 bridgehead atoms. The lowest BCUT2D eigenvalue weighted by Gasteiger charge is -2.44. The molecule has 2 N–H and O–H groups in total. The third-order valence-corrected chi connectivity index (χ3v) is 5.43. The van der Waals surface area contributed by atoms with Crippen molar-refractivity contribution in [3.8, 4) is 0 Å². The van der Waals surface area contributed by atoms with Crippen molar-refractivity contribution in [2.45, 2.75) is 45.3 Å². The summed E-state index contributed by atoms with van der Waals surface area (Å²) in [6.07, 6.45) is 1.21. The Bertz CT molecular complexity index is 402. The van der Waals surface area contributed by atoms with Crippen LogP contribution in [-0.4, -0.2) is 48.6 Å². The molecular weight excluding hydrogens is 254 g/mol. The van der Waals surface area contributed by atoms with Crippen LogP contribution in [-0.2, 0) is 0 Å². The van der Waals surface area contributed by atoms with E-state index in [1.54, 1.807) is 0 Å². The first-order chi connectivity index (χ1) is 9.04. The molecule has 3 atom stereocenters. The SMILES string of the molecule is CCC1CN(C(c2sccc2C)C(C)N)CCN1C. The zero-order valence-electron chi connectivity index (χ0n) is 12.6. The third-order valence-electron chi connectivity index (χ3n) is 4.34. The minimum Gasteiger partial charge on any atom is -0.326 e. The second kappa shape index (κ2) is 6.35. The van der Waals surface area contributed by atoms with Crippen molar-refractivity contribution < 1.29 is 0 Å². The quantitative estimate of drug-likeness (QED) is 0.920. The number of hydrogen-bond acceptors (Lipinski definition) is 4. The lowest BCUT2D eigenvalue weighted by Crippen LogP contribution is -2.54. The van der Waals surface area contributed by atoms with E-state index in [0.717, 1.165) is 19.6 Å². The highest BCUT2D eigenvalue weighted by Gasteiger charge is 2.32. The van der Waals surface area contributed by atoms with Gasteiger partial charge in [-0.3, -0.25) is 4.90 Å². The first-order valence-electron chi connectivity index (χ1n) is 7.28. The summed E-state index contributed by atoms with van der Waals surface area (Å²) in [4.78, 5) is 6.53. The Morgan fingerprint density at radius 3 is 2.74 bits per heavy atom. The number of likely N-dealkylation sites (N-methyl/N-ethyl adjacent to an activating group) is 1. The average molecular weight is 281 g/mol. The molecule has 1 saturated heterocycles. The molecule has 0 radical (unpaired) electrons. The van der Waals surface area contributed by atoms with Crippen molar-refractivity contribution in [2.24, 2.45) is 5.73 Å². The number of aryl methyl sites for hydroxylation is 1. The van der Waals surface area contributed by atoms with Crippen molar-refractivity contribution in [2.75, 3.05) is 26.7 Å². The van der Waals surface area contributed by atoms with Gasteiger partial charge >= 0.3 is 0 Å². The summed E-state index contributed by atoms with van der Waals surface area (Å²) < 4.78 is 0. The molecule has 0 aliphatic carbocycles. The van der Waals surface area contributed by atoms with Gasteiger partial charge < -0.3 is 10.6 Å². The molecule has 2 rings (SSSR count). The molecule has 4 heteroatoms. The van der Waals surface area contributed by atoms with Crippen molar-refractivity contribution in [1.82, 2.24) is 9.80 Å². The monoisotopic (exact) mass is 281 g/mol. The van der Waals surface area contributed by atoms with Gasteiger partial charge in [0.15, 0.2) is 0 Å². The first kappa shape index (κ1) is 15.0. The molecule has 1 aromatic heterocycles. The predicted molar refractivity (Wildman–Crippen MR) is 83.7 cm³/mol. The van der Waals surface area contributed by atoms with E-state index in [1.165, 1.54) is 16.9 Å². The first-order valence-corrected chi connectivity index (χ1v) is 8.16. The minimum absolute atomic E-state index is 0.179. The summed E-state index contributed by atoms with van der Waals surface area (Å²) in [7, 11) is 2.24. The lowest BCUT2D eigenvalue weighted by atomic mass is 10.0. The fraction of sp³-hybridized carbons (Fsp3) is 0.733. The molecule has 2 heterocycles. The topological polar surface area (TPSA) is 32.5 Å². The van der Waals surface area contributed by atoms with Crippen LogP contribution in [0, 0.1) is 6.92 Å². The summed E-state index contributed by atoms with van der Waals surface area (Å²) in [6.45, 7) is 10.0. The van der Waals surface area contributed by atoms with Crippen LogP contribution in [0.1, 0.15) is 36.8 Å². The standard InChI is InChI=1S/C15H27N3S/c1-5-13-10-18(8-7-17(13)4)14(12(3)16)15-11(2)6-9-19-15/h6,9,12-14H,5,7-8,10,16H2,1-4H3. The van der Waals surface area contributed by atoms with Crippen LogP contribution in [0.3, 0.4) is 0 Å². The second-order valence-electron chi connectivity index (χ2n) is 5.81. The van der Waals surface area contributed by atoms with E-state index in [4.69, 9.17) is 5.73 Å². The molecule has 3 nitrogen and oxygen atoms in total. The van der Waals surface area contributed by atoms with Gasteiger partial charge in [0.1, 0.15) is 0 Å². The average Bonchev–Trinajstić information content (AvgIpc) is 2.78. The summed E-state index contributed by atoms with van der Waals surface area (Å²) in [5, 5.41) is 2.19. The molecule has 3 unspecified atom stereocenters. The molecule has 0 saturated carbocycles. The Labute approximate surface area is 121 Å². The molecule has 19 heavy (non-hydrogen) atoms. The fourth-order valence-electron chi connectivity index (χ4n) is 3.09. The molecule has 0 spiro atoms. The highest BCUT2D eigenvalue weighted by atomic mass is 32.1. The summed E-state index contributed by atoms with van der Waals surface area (Å²) in [5.41, 5.74) is 7.69. The van der Waals surface area contributed by atoms with E-state index >= 15 is 0 Å². The smallest absolute Gasteiger partial charge is 0.0594 e. The molecule has 1 aliphatic rings. The van der Waals surface area contributed by atoms with E-state index in [-0.39, 0.29) is 6.04 Å². The van der Waals surface area contributed by atoms with Crippen molar-refractivity contribution >= 4 is 11.3 Å². The van der Waals surface area contributed by atoms with Gasteiger partial charge in [-0.05, 0) is 44.3 Å². The van der Waals surface area contributed by atoms with E-state index in [2.05, 4.69) is 49.1 Å². The molecule has 108 valence electrons. The highest BCUT2D eigenvalue weighted by Crippen LogP contribution is 2.32. The maximum absolute atomic E-state index is 6.30. The Kier molecular flexibility index (Phi) is 5.01. The summed E-state index contributed by atoms with van der Waals surface area (Å²) in [5.74, 6) is 0. The number of hydrogen-bond donors (Lipinski definition) is 1. The third kappa shape index (κ3) is 3.19. The Morgan fingerprint density at radius 2 is 2.21 bits per heavy atom. The van der Waals surface area contributed by atoms with E-state index in [9.17, 15) is 0 Å². The normalized spacial score (nSPS) is 25.4. The Morgan fingerprint density at radius 1 is 1.47 bits per heavy atom. The minimum atomic E-state index is 0.179.